The van der Waals surface area contributed by atoms with Crippen LogP contribution in [-0.4, -0.2) is 7.11 Å². The van der Waals surface area contributed by atoms with Gasteiger partial charge in [-0.15, -0.1) is 0 Å². The lowest BCUT2D eigenvalue weighted by Gasteiger charge is -2.17. The molecule has 0 saturated heterocycles. The summed E-state index contributed by atoms with van der Waals surface area (Å²) in [4.78, 5) is 0. The molecule has 2 aromatic rings. The predicted molar refractivity (Wildman–Crippen MR) is 81.5 cm³/mol. The van der Waals surface area contributed by atoms with Gasteiger partial charge in [0.2, 0.25) is 0 Å². The maximum atomic E-state index is 13.6. The van der Waals surface area contributed by atoms with Crippen molar-refractivity contribution in [1.29, 1.82) is 0 Å². The maximum Gasteiger partial charge on any atom is 0.167 e. The van der Waals surface area contributed by atoms with Gasteiger partial charge in [0.25, 0.3) is 0 Å². The standard InChI is InChI=1S/C15H14Cl2FNO/c1-9(12-5-3-10(16)7-13(12)17)19-11-4-6-15(20-2)14(18)8-11/h3-9,19H,1-2H3. The van der Waals surface area contributed by atoms with Crippen molar-refractivity contribution in [2.45, 2.75) is 13.0 Å². The zero-order valence-corrected chi connectivity index (χ0v) is 12.6. The smallest absolute Gasteiger partial charge is 0.167 e. The zero-order chi connectivity index (χ0) is 14.7. The van der Waals surface area contributed by atoms with Crippen LogP contribution >= 0.6 is 23.2 Å². The number of nitrogens with one attached hydrogen (secondary N) is 1. The van der Waals surface area contributed by atoms with Gasteiger partial charge >= 0.3 is 0 Å². The molecule has 0 radical (unpaired) electrons. The summed E-state index contributed by atoms with van der Waals surface area (Å²) in [6.07, 6.45) is 0. The van der Waals surface area contributed by atoms with Crippen LogP contribution in [0.3, 0.4) is 0 Å². The van der Waals surface area contributed by atoms with Crippen molar-refractivity contribution in [1.82, 2.24) is 0 Å². The molecule has 0 spiro atoms. The zero-order valence-electron chi connectivity index (χ0n) is 11.1. The van der Waals surface area contributed by atoms with Gasteiger partial charge in [-0.1, -0.05) is 29.3 Å². The van der Waals surface area contributed by atoms with E-state index in [4.69, 9.17) is 27.9 Å². The van der Waals surface area contributed by atoms with Gasteiger partial charge in [-0.05, 0) is 36.8 Å². The molecule has 106 valence electrons. The summed E-state index contributed by atoms with van der Waals surface area (Å²) in [6, 6.07) is 9.95. The first-order chi connectivity index (χ1) is 9.51. The molecule has 0 bridgehead atoms. The van der Waals surface area contributed by atoms with E-state index in [1.165, 1.54) is 13.2 Å². The number of hydrogen-bond acceptors (Lipinski definition) is 2. The molecule has 20 heavy (non-hydrogen) atoms. The number of halogens is 3. The van der Waals surface area contributed by atoms with Crippen LogP contribution in [0.5, 0.6) is 5.75 Å². The van der Waals surface area contributed by atoms with E-state index < -0.39 is 5.82 Å². The molecule has 0 aromatic heterocycles. The minimum atomic E-state index is -0.410. The SMILES string of the molecule is COc1ccc(NC(C)c2ccc(Cl)cc2Cl)cc1F. The highest BCUT2D eigenvalue weighted by molar-refractivity contribution is 6.35. The van der Waals surface area contributed by atoms with E-state index in [1.54, 1.807) is 24.3 Å². The molecule has 0 heterocycles. The van der Waals surface area contributed by atoms with Crippen LogP contribution in [0.1, 0.15) is 18.5 Å². The normalized spacial score (nSPS) is 12.1. The Bertz CT molecular complexity index is 619. The third-order valence-corrected chi connectivity index (χ3v) is 3.53. The summed E-state index contributed by atoms with van der Waals surface area (Å²) in [7, 11) is 1.43. The Morgan fingerprint density at radius 1 is 1.15 bits per heavy atom. The van der Waals surface area contributed by atoms with Crippen molar-refractivity contribution in [3.05, 3.63) is 57.8 Å². The number of hydrogen-bond donors (Lipinski definition) is 1. The Morgan fingerprint density at radius 2 is 1.90 bits per heavy atom. The van der Waals surface area contributed by atoms with E-state index in [0.717, 1.165) is 5.56 Å². The Balaban J connectivity index is 2.18. The molecule has 0 aliphatic heterocycles. The molecular formula is C15H14Cl2FNO. The highest BCUT2D eigenvalue weighted by Crippen LogP contribution is 2.29. The van der Waals surface area contributed by atoms with Crippen LogP contribution in [0.15, 0.2) is 36.4 Å². The average Bonchev–Trinajstić information content (AvgIpc) is 2.38. The van der Waals surface area contributed by atoms with Crippen LogP contribution in [-0.2, 0) is 0 Å². The van der Waals surface area contributed by atoms with Crippen molar-refractivity contribution >= 4 is 28.9 Å². The lowest BCUT2D eigenvalue weighted by molar-refractivity contribution is 0.386. The Kier molecular flexibility index (Phi) is 4.73. The molecule has 1 atom stereocenters. The number of rotatable bonds is 4. The summed E-state index contributed by atoms with van der Waals surface area (Å²) >= 11 is 12.0. The van der Waals surface area contributed by atoms with Crippen molar-refractivity contribution in [2.24, 2.45) is 0 Å². The summed E-state index contributed by atoms with van der Waals surface area (Å²) in [5.74, 6) is -0.195. The summed E-state index contributed by atoms with van der Waals surface area (Å²) in [5, 5.41) is 4.35. The van der Waals surface area contributed by atoms with Gasteiger partial charge < -0.3 is 10.1 Å². The van der Waals surface area contributed by atoms with Crippen LogP contribution < -0.4 is 10.1 Å². The highest BCUT2D eigenvalue weighted by Gasteiger charge is 2.11. The molecule has 1 N–H and O–H groups in total. The van der Waals surface area contributed by atoms with E-state index >= 15 is 0 Å². The minimum Gasteiger partial charge on any atom is -0.494 e. The topological polar surface area (TPSA) is 21.3 Å². The monoisotopic (exact) mass is 313 g/mol. The third-order valence-electron chi connectivity index (χ3n) is 2.96. The van der Waals surface area contributed by atoms with Gasteiger partial charge in [-0.3, -0.25) is 0 Å². The lowest BCUT2D eigenvalue weighted by atomic mass is 10.1. The van der Waals surface area contributed by atoms with Gasteiger partial charge in [-0.25, -0.2) is 4.39 Å². The molecule has 2 rings (SSSR count). The van der Waals surface area contributed by atoms with Gasteiger partial charge in [0.1, 0.15) is 0 Å². The molecule has 2 nitrogen and oxygen atoms in total. The van der Waals surface area contributed by atoms with E-state index in [2.05, 4.69) is 5.32 Å². The molecule has 5 heteroatoms. The molecule has 0 amide bonds. The first-order valence-electron chi connectivity index (χ1n) is 6.06. The highest BCUT2D eigenvalue weighted by atomic mass is 35.5. The number of ether oxygens (including phenoxy) is 1. The molecule has 0 aliphatic carbocycles. The molecule has 0 fully saturated rings. The van der Waals surface area contributed by atoms with Gasteiger partial charge in [-0.2, -0.15) is 0 Å². The van der Waals surface area contributed by atoms with Gasteiger partial charge in [0, 0.05) is 27.8 Å². The fourth-order valence-electron chi connectivity index (χ4n) is 1.94. The molecule has 0 saturated carbocycles. The average molecular weight is 314 g/mol. The number of benzene rings is 2. The predicted octanol–water partition coefficient (Wildman–Crippen LogP) is 5.31. The van der Waals surface area contributed by atoms with Crippen LogP contribution in [0.2, 0.25) is 10.0 Å². The first-order valence-corrected chi connectivity index (χ1v) is 6.82. The van der Waals surface area contributed by atoms with Crippen molar-refractivity contribution in [2.75, 3.05) is 12.4 Å². The van der Waals surface area contributed by atoms with E-state index in [0.29, 0.717) is 15.7 Å². The molecule has 1 unspecified atom stereocenters. The third kappa shape index (κ3) is 3.35. The van der Waals surface area contributed by atoms with E-state index in [1.807, 2.05) is 13.0 Å². The van der Waals surface area contributed by atoms with E-state index in [-0.39, 0.29) is 11.8 Å². The molecule has 2 aromatic carbocycles. The number of methoxy groups -OCH3 is 1. The largest absolute Gasteiger partial charge is 0.494 e. The minimum absolute atomic E-state index is 0.0763. The fraction of sp³-hybridized carbons (Fsp3) is 0.200. The van der Waals surface area contributed by atoms with Crippen LogP contribution in [0, 0.1) is 5.82 Å². The first kappa shape index (κ1) is 14.9. The second kappa shape index (κ2) is 6.33. The Morgan fingerprint density at radius 3 is 2.50 bits per heavy atom. The maximum absolute atomic E-state index is 13.6. The van der Waals surface area contributed by atoms with E-state index in [9.17, 15) is 4.39 Å². The quantitative estimate of drug-likeness (QED) is 0.825. The molecule has 0 aliphatic rings. The van der Waals surface area contributed by atoms with Crippen molar-refractivity contribution < 1.29 is 9.13 Å². The second-order valence-corrected chi connectivity index (χ2v) is 5.22. The van der Waals surface area contributed by atoms with Crippen LogP contribution in [0.25, 0.3) is 0 Å². The Hall–Kier alpha value is -1.45. The van der Waals surface area contributed by atoms with Gasteiger partial charge in [0.05, 0.1) is 7.11 Å². The lowest BCUT2D eigenvalue weighted by Crippen LogP contribution is -2.07. The summed E-state index contributed by atoms with van der Waals surface area (Å²) < 4.78 is 18.5. The Labute approximate surface area is 127 Å². The van der Waals surface area contributed by atoms with Crippen LogP contribution in [0.4, 0.5) is 10.1 Å². The summed E-state index contributed by atoms with van der Waals surface area (Å²) in [5.41, 5.74) is 1.55. The number of anilines is 1. The van der Waals surface area contributed by atoms with Crippen molar-refractivity contribution in [3.8, 4) is 5.75 Å². The summed E-state index contributed by atoms with van der Waals surface area (Å²) in [6.45, 7) is 1.94. The second-order valence-electron chi connectivity index (χ2n) is 4.38. The van der Waals surface area contributed by atoms with Crippen molar-refractivity contribution in [3.63, 3.8) is 0 Å². The molecular weight excluding hydrogens is 300 g/mol. The fourth-order valence-corrected chi connectivity index (χ4v) is 2.51. The van der Waals surface area contributed by atoms with Gasteiger partial charge in [0.15, 0.2) is 11.6 Å².